The molecule has 0 aliphatic heterocycles. The zero-order valence-electron chi connectivity index (χ0n) is 14.5. The smallest absolute Gasteiger partial charge is 0.126 e. The summed E-state index contributed by atoms with van der Waals surface area (Å²) in [5, 5.41) is 0. The molecule has 0 fully saturated rings. The third-order valence-electron chi connectivity index (χ3n) is 3.07. The molecule has 0 N–H and O–H groups in total. The quantitative estimate of drug-likeness (QED) is 0.376. The average molecular weight is 309 g/mol. The van der Waals surface area contributed by atoms with Crippen molar-refractivity contribution >= 4 is 8.07 Å². The second-order valence-corrected chi connectivity index (χ2v) is 11.3. The Bertz CT molecular complexity index is 580. The van der Waals surface area contributed by atoms with Crippen LogP contribution in [0, 0.1) is 23.3 Å². The molecule has 116 valence electrons. The molecule has 0 spiro atoms. The highest BCUT2D eigenvalue weighted by Gasteiger charge is 2.07. The van der Waals surface area contributed by atoms with E-state index < -0.39 is 8.07 Å². The minimum Gasteiger partial charge on any atom is -0.126 e. The summed E-state index contributed by atoms with van der Waals surface area (Å²) in [7, 11) is -1.35. The number of unbranched alkanes of at least 4 members (excludes halogenated alkanes) is 2. The van der Waals surface area contributed by atoms with Gasteiger partial charge in [0, 0.05) is 6.42 Å². The number of hydrogen-bond acceptors (Lipinski definition) is 0. The molecule has 0 saturated carbocycles. The van der Waals surface area contributed by atoms with Gasteiger partial charge in [0.25, 0.3) is 0 Å². The molecule has 0 bridgehead atoms. The van der Waals surface area contributed by atoms with Crippen LogP contribution in [0.25, 0.3) is 0 Å². The van der Waals surface area contributed by atoms with Gasteiger partial charge in [-0.25, -0.2) is 0 Å². The highest BCUT2D eigenvalue weighted by Crippen LogP contribution is 2.06. The van der Waals surface area contributed by atoms with Crippen LogP contribution in [0.2, 0.25) is 19.6 Å². The molecule has 0 amide bonds. The van der Waals surface area contributed by atoms with Crippen molar-refractivity contribution in [3.63, 3.8) is 0 Å². The first-order valence-electron chi connectivity index (χ1n) is 8.27. The standard InChI is InChI=1S/C21H28Si/c1-5-6-7-9-15-21(18-19-22(2,3)4)17-12-16-20-13-10-8-11-14-20/h8,10-11,13-14,17H,5-7,12,16H2,1-4H3/b21-17+. The largest absolute Gasteiger partial charge is 0.129 e. The molecule has 1 rings (SSSR count). The lowest BCUT2D eigenvalue weighted by molar-refractivity contribution is 0.828. The molecule has 0 aromatic heterocycles. The molecule has 1 aromatic carbocycles. The van der Waals surface area contributed by atoms with E-state index in [2.05, 4.69) is 86.3 Å². The van der Waals surface area contributed by atoms with Gasteiger partial charge in [-0.1, -0.05) is 87.2 Å². The summed E-state index contributed by atoms with van der Waals surface area (Å²) in [6, 6.07) is 10.6. The average Bonchev–Trinajstić information content (AvgIpc) is 2.48. The summed E-state index contributed by atoms with van der Waals surface area (Å²) >= 11 is 0. The van der Waals surface area contributed by atoms with Gasteiger partial charge in [-0.3, -0.25) is 0 Å². The van der Waals surface area contributed by atoms with Crippen molar-refractivity contribution in [1.29, 1.82) is 0 Å². The van der Waals surface area contributed by atoms with E-state index in [0.29, 0.717) is 0 Å². The van der Waals surface area contributed by atoms with Gasteiger partial charge in [-0.05, 0) is 24.8 Å². The van der Waals surface area contributed by atoms with E-state index in [-0.39, 0.29) is 0 Å². The Balaban J connectivity index is 2.72. The number of allylic oxidation sites excluding steroid dienone is 2. The lowest BCUT2D eigenvalue weighted by Crippen LogP contribution is -2.16. The van der Waals surface area contributed by atoms with Crippen molar-refractivity contribution in [3.8, 4) is 23.3 Å². The summed E-state index contributed by atoms with van der Waals surface area (Å²) < 4.78 is 0. The van der Waals surface area contributed by atoms with Gasteiger partial charge in [0.2, 0.25) is 0 Å². The van der Waals surface area contributed by atoms with E-state index in [1.54, 1.807) is 0 Å². The molecule has 22 heavy (non-hydrogen) atoms. The van der Waals surface area contributed by atoms with E-state index in [1.807, 2.05) is 0 Å². The van der Waals surface area contributed by atoms with Crippen LogP contribution in [0.3, 0.4) is 0 Å². The molecule has 0 unspecified atom stereocenters. The predicted molar refractivity (Wildman–Crippen MR) is 101 cm³/mol. The monoisotopic (exact) mass is 308 g/mol. The van der Waals surface area contributed by atoms with Crippen molar-refractivity contribution in [2.24, 2.45) is 0 Å². The van der Waals surface area contributed by atoms with Gasteiger partial charge in [-0.2, -0.15) is 0 Å². The minimum atomic E-state index is -1.35. The Morgan fingerprint density at radius 1 is 1.09 bits per heavy atom. The fourth-order valence-electron chi connectivity index (χ4n) is 1.84. The lowest BCUT2D eigenvalue weighted by atomic mass is 10.1. The van der Waals surface area contributed by atoms with Gasteiger partial charge < -0.3 is 0 Å². The molecule has 1 heteroatoms. The first kappa shape index (κ1) is 18.3. The predicted octanol–water partition coefficient (Wildman–Crippen LogP) is 5.62. The van der Waals surface area contributed by atoms with Crippen LogP contribution in [0.1, 0.15) is 38.2 Å². The molecule has 1 aromatic rings. The fraction of sp³-hybridized carbons (Fsp3) is 0.429. The number of rotatable bonds is 5. The van der Waals surface area contributed by atoms with Crippen LogP contribution in [0.15, 0.2) is 42.0 Å². The van der Waals surface area contributed by atoms with Gasteiger partial charge in [0.1, 0.15) is 8.07 Å². The molecule has 0 radical (unpaired) electrons. The van der Waals surface area contributed by atoms with Crippen LogP contribution in [0.5, 0.6) is 0 Å². The molecule has 0 saturated heterocycles. The van der Waals surface area contributed by atoms with E-state index >= 15 is 0 Å². The summed E-state index contributed by atoms with van der Waals surface area (Å²) in [5.41, 5.74) is 5.81. The highest BCUT2D eigenvalue weighted by atomic mass is 28.3. The summed E-state index contributed by atoms with van der Waals surface area (Å²) in [6.07, 6.45) is 7.60. The van der Waals surface area contributed by atoms with Crippen molar-refractivity contribution in [3.05, 3.63) is 47.5 Å². The first-order valence-corrected chi connectivity index (χ1v) is 11.8. The van der Waals surface area contributed by atoms with Crippen LogP contribution < -0.4 is 0 Å². The highest BCUT2D eigenvalue weighted by molar-refractivity contribution is 6.83. The van der Waals surface area contributed by atoms with E-state index in [0.717, 1.165) is 24.8 Å². The second-order valence-electron chi connectivity index (χ2n) is 6.55. The molecule has 0 aliphatic rings. The second kappa shape index (κ2) is 10.1. The summed E-state index contributed by atoms with van der Waals surface area (Å²) in [6.45, 7) is 9.01. The van der Waals surface area contributed by atoms with Crippen molar-refractivity contribution < 1.29 is 0 Å². The normalized spacial score (nSPS) is 11.2. The maximum absolute atomic E-state index is 3.43. The SMILES string of the molecule is CCCCC#C/C(C#C[Si](C)(C)C)=C\CCc1ccccc1. The van der Waals surface area contributed by atoms with Gasteiger partial charge in [0.15, 0.2) is 0 Å². The minimum absolute atomic E-state index is 0.973. The fourth-order valence-corrected chi connectivity index (χ4v) is 2.35. The zero-order chi connectivity index (χ0) is 16.3. The molecular weight excluding hydrogens is 280 g/mol. The van der Waals surface area contributed by atoms with E-state index in [4.69, 9.17) is 0 Å². The maximum Gasteiger partial charge on any atom is 0.129 e. The molecule has 0 aliphatic carbocycles. The summed E-state index contributed by atoms with van der Waals surface area (Å²) in [4.78, 5) is 0. The van der Waals surface area contributed by atoms with Crippen LogP contribution >= 0.6 is 0 Å². The van der Waals surface area contributed by atoms with E-state index in [9.17, 15) is 0 Å². The Morgan fingerprint density at radius 2 is 1.82 bits per heavy atom. The Hall–Kier alpha value is -1.70. The van der Waals surface area contributed by atoms with Crippen molar-refractivity contribution in [2.75, 3.05) is 0 Å². The maximum atomic E-state index is 3.43. The number of aryl methyl sites for hydroxylation is 1. The van der Waals surface area contributed by atoms with Crippen LogP contribution in [-0.4, -0.2) is 8.07 Å². The third-order valence-corrected chi connectivity index (χ3v) is 3.95. The Kier molecular flexibility index (Phi) is 8.42. The molecule has 0 heterocycles. The molecular formula is C21H28Si. The van der Waals surface area contributed by atoms with Gasteiger partial charge >= 0.3 is 0 Å². The number of benzene rings is 1. The van der Waals surface area contributed by atoms with Crippen molar-refractivity contribution in [1.82, 2.24) is 0 Å². The van der Waals surface area contributed by atoms with E-state index in [1.165, 1.54) is 18.4 Å². The third kappa shape index (κ3) is 9.27. The molecule has 0 atom stereocenters. The van der Waals surface area contributed by atoms with Gasteiger partial charge in [0.05, 0.1) is 5.57 Å². The topological polar surface area (TPSA) is 0 Å². The van der Waals surface area contributed by atoms with Crippen LogP contribution in [0.4, 0.5) is 0 Å². The Morgan fingerprint density at radius 3 is 2.45 bits per heavy atom. The summed E-state index contributed by atoms with van der Waals surface area (Å²) in [5.74, 6) is 9.86. The molecule has 0 nitrogen and oxygen atoms in total. The Labute approximate surface area is 138 Å². The van der Waals surface area contributed by atoms with Crippen LogP contribution in [-0.2, 0) is 6.42 Å². The van der Waals surface area contributed by atoms with Gasteiger partial charge in [-0.15, -0.1) is 5.54 Å². The lowest BCUT2D eigenvalue weighted by Gasteiger charge is -2.03. The van der Waals surface area contributed by atoms with Crippen molar-refractivity contribution in [2.45, 2.75) is 58.7 Å². The first-order chi connectivity index (χ1) is 10.5. The zero-order valence-corrected chi connectivity index (χ0v) is 15.5. The number of hydrogen-bond donors (Lipinski definition) is 0.